The van der Waals surface area contributed by atoms with Crippen LogP contribution in [0.1, 0.15) is 16.1 Å². The normalized spacial score (nSPS) is 17.8. The first kappa shape index (κ1) is 11.5. The van der Waals surface area contributed by atoms with Gasteiger partial charge in [-0.1, -0.05) is 4.47 Å². The third-order valence-electron chi connectivity index (χ3n) is 2.03. The van der Waals surface area contributed by atoms with E-state index in [2.05, 4.69) is 0 Å². The summed E-state index contributed by atoms with van der Waals surface area (Å²) in [5.41, 5.74) is 0. The summed E-state index contributed by atoms with van der Waals surface area (Å²) < 4.78 is 24.7. The molecule has 1 aromatic rings. The molecule has 1 fully saturated rings. The Morgan fingerprint density at radius 2 is 2.25 bits per heavy atom. The Kier molecular flexibility index (Phi) is 2.98. The summed E-state index contributed by atoms with van der Waals surface area (Å²) in [6, 6.07) is 2.56. The summed E-state index contributed by atoms with van der Waals surface area (Å²) in [5.74, 6) is -1.13. The number of aromatic carboxylic acids is 1. The Morgan fingerprint density at radius 3 is 2.75 bits per heavy atom. The molecule has 8 heteroatoms. The first-order chi connectivity index (χ1) is 7.51. The molecule has 0 saturated carbocycles. The molecule has 1 aromatic heterocycles. The van der Waals surface area contributed by atoms with Gasteiger partial charge in [-0.25, -0.2) is 13.2 Å². The molecule has 2 heterocycles. The van der Waals surface area contributed by atoms with Gasteiger partial charge in [0.25, 0.3) is 10.0 Å². The van der Waals surface area contributed by atoms with E-state index in [0.717, 1.165) is 15.8 Å². The minimum atomic E-state index is -3.69. The van der Waals surface area contributed by atoms with E-state index in [4.69, 9.17) is 9.94 Å². The summed E-state index contributed by atoms with van der Waals surface area (Å²) in [7, 11) is -3.69. The molecule has 0 bridgehead atoms. The molecule has 1 saturated heterocycles. The fourth-order valence-corrected chi connectivity index (χ4v) is 3.83. The van der Waals surface area contributed by atoms with Gasteiger partial charge in [0.1, 0.15) is 9.09 Å². The molecule has 0 unspecified atom stereocenters. The van der Waals surface area contributed by atoms with E-state index in [-0.39, 0.29) is 9.09 Å². The van der Waals surface area contributed by atoms with E-state index in [9.17, 15) is 13.2 Å². The van der Waals surface area contributed by atoms with Gasteiger partial charge in [-0.3, -0.25) is 4.84 Å². The average molecular weight is 263 g/mol. The predicted molar refractivity (Wildman–Crippen MR) is 55.7 cm³/mol. The minimum absolute atomic E-state index is 0.00206. The van der Waals surface area contributed by atoms with Crippen LogP contribution in [0.4, 0.5) is 0 Å². The number of sulfonamides is 1. The van der Waals surface area contributed by atoms with Crippen molar-refractivity contribution in [1.82, 2.24) is 4.47 Å². The van der Waals surface area contributed by atoms with Gasteiger partial charge >= 0.3 is 5.97 Å². The van der Waals surface area contributed by atoms with Crippen LogP contribution in [0.2, 0.25) is 0 Å². The highest BCUT2D eigenvalue weighted by Gasteiger charge is 2.30. The number of carboxylic acid groups (broad SMARTS) is 1. The Labute approximate surface area is 96.1 Å². The molecule has 0 aliphatic carbocycles. The van der Waals surface area contributed by atoms with Crippen molar-refractivity contribution in [3.63, 3.8) is 0 Å². The molecule has 16 heavy (non-hydrogen) atoms. The third-order valence-corrected chi connectivity index (χ3v) is 5.25. The lowest BCUT2D eigenvalue weighted by Gasteiger charge is -2.11. The van der Waals surface area contributed by atoms with Crippen LogP contribution in [-0.2, 0) is 14.9 Å². The molecule has 0 radical (unpaired) electrons. The average Bonchev–Trinajstić information content (AvgIpc) is 2.90. The van der Waals surface area contributed by atoms with Crippen molar-refractivity contribution in [3.05, 3.63) is 17.0 Å². The number of carboxylic acids is 1. The van der Waals surface area contributed by atoms with Crippen LogP contribution in [0.25, 0.3) is 0 Å². The summed E-state index contributed by atoms with van der Waals surface area (Å²) in [4.78, 5) is 15.6. The summed E-state index contributed by atoms with van der Waals surface area (Å²) in [6.45, 7) is 0.680. The van der Waals surface area contributed by atoms with Crippen LogP contribution in [0.3, 0.4) is 0 Å². The zero-order valence-corrected chi connectivity index (χ0v) is 9.75. The highest BCUT2D eigenvalue weighted by molar-refractivity contribution is 7.91. The summed E-state index contributed by atoms with van der Waals surface area (Å²) >= 11 is 0.726. The highest BCUT2D eigenvalue weighted by Crippen LogP contribution is 2.26. The van der Waals surface area contributed by atoms with E-state index >= 15 is 0 Å². The van der Waals surface area contributed by atoms with Gasteiger partial charge in [-0.05, 0) is 18.6 Å². The van der Waals surface area contributed by atoms with Gasteiger partial charge < -0.3 is 5.11 Å². The van der Waals surface area contributed by atoms with Crippen molar-refractivity contribution >= 4 is 27.3 Å². The van der Waals surface area contributed by atoms with Crippen molar-refractivity contribution in [2.75, 3.05) is 13.2 Å². The van der Waals surface area contributed by atoms with Crippen LogP contribution in [0.15, 0.2) is 16.3 Å². The number of rotatable bonds is 3. The minimum Gasteiger partial charge on any atom is -0.477 e. The molecule has 88 valence electrons. The quantitative estimate of drug-likeness (QED) is 0.870. The van der Waals surface area contributed by atoms with Crippen molar-refractivity contribution in [2.45, 2.75) is 10.6 Å². The second-order valence-corrected chi connectivity index (χ2v) is 6.28. The second kappa shape index (κ2) is 4.13. The summed E-state index contributed by atoms with van der Waals surface area (Å²) in [6.07, 6.45) is 0.649. The van der Waals surface area contributed by atoms with E-state index in [1.807, 2.05) is 0 Å². The van der Waals surface area contributed by atoms with Crippen molar-refractivity contribution in [3.8, 4) is 0 Å². The first-order valence-electron chi connectivity index (χ1n) is 4.50. The van der Waals surface area contributed by atoms with E-state index < -0.39 is 16.0 Å². The van der Waals surface area contributed by atoms with Gasteiger partial charge in [0.15, 0.2) is 0 Å². The molecule has 1 aliphatic heterocycles. The van der Waals surface area contributed by atoms with Crippen molar-refractivity contribution in [1.29, 1.82) is 0 Å². The number of carbonyl (C=O) groups is 1. The molecule has 1 aliphatic rings. The van der Waals surface area contributed by atoms with Crippen LogP contribution < -0.4 is 0 Å². The fraction of sp³-hybridized carbons (Fsp3) is 0.375. The Bertz CT molecular complexity index is 500. The zero-order valence-electron chi connectivity index (χ0n) is 8.12. The maximum absolute atomic E-state index is 11.9. The summed E-state index contributed by atoms with van der Waals surface area (Å²) in [5, 5.41) is 8.70. The molecule has 0 amide bonds. The number of nitrogens with zero attached hydrogens (tertiary/aromatic N) is 1. The SMILES string of the molecule is O=C(O)c1ccc(S(=O)(=O)N2CCCO2)s1. The van der Waals surface area contributed by atoms with E-state index in [0.29, 0.717) is 19.6 Å². The van der Waals surface area contributed by atoms with E-state index in [1.165, 1.54) is 12.1 Å². The van der Waals surface area contributed by atoms with Crippen molar-refractivity contribution in [2.24, 2.45) is 0 Å². The third kappa shape index (κ3) is 1.96. The van der Waals surface area contributed by atoms with Gasteiger partial charge in [-0.2, -0.15) is 0 Å². The van der Waals surface area contributed by atoms with E-state index in [1.54, 1.807) is 0 Å². The Morgan fingerprint density at radius 1 is 1.50 bits per heavy atom. The molecule has 0 aromatic carbocycles. The molecule has 2 rings (SSSR count). The zero-order chi connectivity index (χ0) is 11.8. The fourth-order valence-electron chi connectivity index (χ4n) is 1.29. The standard InChI is InChI=1S/C8H9NO5S2/c10-8(11)6-2-3-7(15-6)16(12,13)9-4-1-5-14-9/h2-3H,1,4-5H2,(H,10,11). The number of hydroxylamine groups is 1. The molecule has 0 atom stereocenters. The predicted octanol–water partition coefficient (Wildman–Crippen LogP) is 0.772. The van der Waals surface area contributed by atoms with Crippen LogP contribution in [0.5, 0.6) is 0 Å². The van der Waals surface area contributed by atoms with Crippen LogP contribution >= 0.6 is 11.3 Å². The van der Waals surface area contributed by atoms with Gasteiger partial charge in [-0.15, -0.1) is 11.3 Å². The lowest BCUT2D eigenvalue weighted by atomic mass is 10.5. The maximum atomic E-state index is 11.9. The number of thiophene rings is 1. The molecule has 6 nitrogen and oxygen atoms in total. The number of hydrogen-bond acceptors (Lipinski definition) is 5. The van der Waals surface area contributed by atoms with Gasteiger partial charge in [0, 0.05) is 6.54 Å². The monoisotopic (exact) mass is 263 g/mol. The first-order valence-corrected chi connectivity index (χ1v) is 6.76. The smallest absolute Gasteiger partial charge is 0.345 e. The lowest BCUT2D eigenvalue weighted by Crippen LogP contribution is -2.25. The molecule has 1 N–H and O–H groups in total. The Hall–Kier alpha value is -0.960. The number of hydrogen-bond donors (Lipinski definition) is 1. The van der Waals surface area contributed by atoms with Gasteiger partial charge in [0.2, 0.25) is 0 Å². The van der Waals surface area contributed by atoms with Crippen LogP contribution in [-0.4, -0.2) is 37.1 Å². The maximum Gasteiger partial charge on any atom is 0.345 e. The van der Waals surface area contributed by atoms with Crippen molar-refractivity contribution < 1.29 is 23.2 Å². The highest BCUT2D eigenvalue weighted by atomic mass is 32.2. The second-order valence-electron chi connectivity index (χ2n) is 3.14. The molecule has 0 spiro atoms. The largest absolute Gasteiger partial charge is 0.477 e. The topological polar surface area (TPSA) is 83.9 Å². The molecular weight excluding hydrogens is 254 g/mol. The van der Waals surface area contributed by atoms with Gasteiger partial charge in [0.05, 0.1) is 6.61 Å². The molecular formula is C8H9NO5S2. The Balaban J connectivity index is 2.31. The lowest BCUT2D eigenvalue weighted by molar-refractivity contribution is -0.0282. The van der Waals surface area contributed by atoms with Crippen LogP contribution in [0, 0.1) is 0 Å².